The summed E-state index contributed by atoms with van der Waals surface area (Å²) in [6.45, 7) is 0. The number of para-hydroxylation sites is 2. The van der Waals surface area contributed by atoms with Gasteiger partial charge in [-0.15, -0.1) is 0 Å². The minimum atomic E-state index is -4.17. The van der Waals surface area contributed by atoms with E-state index >= 15 is 0 Å². The van der Waals surface area contributed by atoms with Crippen LogP contribution in [-0.2, 0) is 21.5 Å². The summed E-state index contributed by atoms with van der Waals surface area (Å²) < 4.78 is 37.0. The Hall–Kier alpha value is -4.05. The standard InChI is InChI=1S/C15H12O2.C15H14O2.H3NO3S/c16-13-10-15(11-6-2-1-3-7-11)17-14-9-5-4-8-12(13)14;16-13-8-5-12(6-9-13)15-10-7-11-3-1-2-4-14(11)17-15;1-5(2,3)4/h1-9,15H,10H2;1-6,8,15H,7,9-10H2;(H3,1,2,3,4). The summed E-state index contributed by atoms with van der Waals surface area (Å²) in [4.78, 5) is 23.1. The summed E-state index contributed by atoms with van der Waals surface area (Å²) in [5, 5.41) is 3.88. The minimum absolute atomic E-state index is 0.106. The molecule has 3 aromatic rings. The minimum Gasteiger partial charge on any atom is -0.485 e. The van der Waals surface area contributed by atoms with Gasteiger partial charge in [-0.2, -0.15) is 8.42 Å². The molecule has 8 nitrogen and oxygen atoms in total. The molecule has 2 heterocycles. The fourth-order valence-corrected chi connectivity index (χ4v) is 4.47. The summed E-state index contributed by atoms with van der Waals surface area (Å²) in [7, 11) is -4.17. The maximum Gasteiger partial charge on any atom is 0.330 e. The summed E-state index contributed by atoms with van der Waals surface area (Å²) >= 11 is 0. The zero-order valence-electron chi connectivity index (χ0n) is 21.1. The summed E-state index contributed by atoms with van der Waals surface area (Å²) in [6.07, 6.45) is 8.44. The van der Waals surface area contributed by atoms with E-state index in [0.29, 0.717) is 24.2 Å². The van der Waals surface area contributed by atoms with Crippen molar-refractivity contribution in [3.05, 3.63) is 119 Å². The first kappa shape index (κ1) is 28.0. The molecule has 0 radical (unpaired) electrons. The van der Waals surface area contributed by atoms with Gasteiger partial charge in [0.25, 0.3) is 0 Å². The lowest BCUT2D eigenvalue weighted by Crippen LogP contribution is -2.25. The number of hydrogen-bond acceptors (Lipinski definition) is 6. The van der Waals surface area contributed by atoms with Gasteiger partial charge in [-0.3, -0.25) is 14.1 Å². The van der Waals surface area contributed by atoms with E-state index in [2.05, 4.69) is 11.2 Å². The van der Waals surface area contributed by atoms with Crippen molar-refractivity contribution >= 4 is 21.9 Å². The largest absolute Gasteiger partial charge is 0.485 e. The van der Waals surface area contributed by atoms with Crippen molar-refractivity contribution in [2.45, 2.75) is 37.9 Å². The van der Waals surface area contributed by atoms with Crippen LogP contribution in [0.5, 0.6) is 11.5 Å². The first-order chi connectivity index (χ1) is 18.7. The molecule has 9 heteroatoms. The number of carbonyl (C=O) groups is 2. The van der Waals surface area contributed by atoms with Gasteiger partial charge in [0.15, 0.2) is 11.6 Å². The van der Waals surface area contributed by atoms with E-state index < -0.39 is 10.3 Å². The highest BCUT2D eigenvalue weighted by Crippen LogP contribution is 2.34. The second-order valence-corrected chi connectivity index (χ2v) is 10.1. The third-order valence-corrected chi connectivity index (χ3v) is 6.29. The first-order valence-corrected chi connectivity index (χ1v) is 13.9. The SMILES string of the molecule is NS(=O)(=O)O.O=C1C=CC(C2CCc3ccccc3O2)=CC1.O=C1CC(c2ccccc2)Oc2ccccc21. The fourth-order valence-electron chi connectivity index (χ4n) is 4.47. The van der Waals surface area contributed by atoms with Gasteiger partial charge in [0, 0.05) is 6.42 Å². The number of aryl methyl sites for hydroxylation is 1. The average molecular weight is 548 g/mol. The number of benzene rings is 3. The molecule has 0 amide bonds. The molecule has 0 saturated carbocycles. The number of allylic oxidation sites excluding steroid dienone is 2. The molecule has 0 saturated heterocycles. The van der Waals surface area contributed by atoms with E-state index in [9.17, 15) is 9.59 Å². The number of hydrogen-bond donors (Lipinski definition) is 2. The molecule has 3 aromatic carbocycles. The zero-order chi connectivity index (χ0) is 27.8. The van der Waals surface area contributed by atoms with Crippen LogP contribution in [0.15, 0.2) is 103 Å². The molecule has 6 rings (SSSR count). The second kappa shape index (κ2) is 12.7. The van der Waals surface area contributed by atoms with E-state index in [1.807, 2.05) is 84.9 Å². The Morgan fingerprint density at radius 2 is 1.41 bits per heavy atom. The number of ether oxygens (including phenoxy) is 2. The molecule has 3 N–H and O–H groups in total. The van der Waals surface area contributed by atoms with Crippen molar-refractivity contribution in [2.75, 3.05) is 0 Å². The van der Waals surface area contributed by atoms with Crippen LogP contribution >= 0.6 is 0 Å². The number of nitrogens with two attached hydrogens (primary N) is 1. The highest BCUT2D eigenvalue weighted by Gasteiger charge is 2.27. The topological polar surface area (TPSA) is 133 Å². The number of fused-ring (bicyclic) bond motifs is 2. The van der Waals surface area contributed by atoms with Crippen LogP contribution in [0, 0.1) is 0 Å². The van der Waals surface area contributed by atoms with Gasteiger partial charge in [-0.1, -0.05) is 72.8 Å². The lowest BCUT2D eigenvalue weighted by Gasteiger charge is -2.27. The normalized spacial score (nSPS) is 19.4. The van der Waals surface area contributed by atoms with Crippen LogP contribution in [0.3, 0.4) is 0 Å². The van der Waals surface area contributed by atoms with Gasteiger partial charge in [0.05, 0.1) is 12.0 Å². The third-order valence-electron chi connectivity index (χ3n) is 6.29. The molecule has 1 aliphatic carbocycles. The molecule has 2 unspecified atom stereocenters. The average Bonchev–Trinajstić information content (AvgIpc) is 2.93. The molecule has 0 aromatic heterocycles. The molecule has 3 aliphatic rings. The highest BCUT2D eigenvalue weighted by molar-refractivity contribution is 7.83. The smallest absolute Gasteiger partial charge is 0.330 e. The van der Waals surface area contributed by atoms with Crippen LogP contribution in [-0.4, -0.2) is 30.6 Å². The maximum absolute atomic E-state index is 12.0. The fraction of sp³-hybridized carbons (Fsp3) is 0.200. The summed E-state index contributed by atoms with van der Waals surface area (Å²) in [5.41, 5.74) is 4.16. The molecule has 2 aliphatic heterocycles. The number of carbonyl (C=O) groups excluding carboxylic acids is 2. The summed E-state index contributed by atoms with van der Waals surface area (Å²) in [6, 6.07) is 25.5. The van der Waals surface area contributed by atoms with Crippen LogP contribution in [0.4, 0.5) is 0 Å². The lowest BCUT2D eigenvalue weighted by molar-refractivity contribution is -0.113. The van der Waals surface area contributed by atoms with Gasteiger partial charge in [-0.05, 0) is 53.8 Å². The van der Waals surface area contributed by atoms with Gasteiger partial charge in [-0.25, -0.2) is 5.14 Å². The van der Waals surface area contributed by atoms with Crippen LogP contribution in [0.1, 0.15) is 46.9 Å². The predicted octanol–water partition coefficient (Wildman–Crippen LogP) is 4.98. The highest BCUT2D eigenvalue weighted by atomic mass is 32.2. The van der Waals surface area contributed by atoms with Crippen molar-refractivity contribution < 1.29 is 32.0 Å². The van der Waals surface area contributed by atoms with Crippen LogP contribution in [0.25, 0.3) is 0 Å². The van der Waals surface area contributed by atoms with Gasteiger partial charge < -0.3 is 9.47 Å². The molecular formula is C30H29NO7S. The van der Waals surface area contributed by atoms with Crippen molar-refractivity contribution in [1.82, 2.24) is 0 Å². The molecule has 39 heavy (non-hydrogen) atoms. The maximum atomic E-state index is 12.0. The Balaban J connectivity index is 0.000000155. The van der Waals surface area contributed by atoms with E-state index in [0.717, 1.165) is 29.7 Å². The number of Topliss-reactive ketones (excluding diaryl/α,β-unsaturated/α-hetero) is 1. The third kappa shape index (κ3) is 8.22. The molecule has 0 bridgehead atoms. The van der Waals surface area contributed by atoms with Gasteiger partial charge in [0.2, 0.25) is 0 Å². The van der Waals surface area contributed by atoms with Crippen molar-refractivity contribution in [3.8, 4) is 11.5 Å². The van der Waals surface area contributed by atoms with Crippen LogP contribution < -0.4 is 14.6 Å². The molecule has 2 atom stereocenters. The van der Waals surface area contributed by atoms with Crippen LogP contribution in [0.2, 0.25) is 0 Å². The molecule has 0 spiro atoms. The zero-order valence-corrected chi connectivity index (χ0v) is 21.9. The predicted molar refractivity (Wildman–Crippen MR) is 147 cm³/mol. The van der Waals surface area contributed by atoms with E-state index in [-0.39, 0.29) is 23.8 Å². The molecule has 0 fully saturated rings. The quantitative estimate of drug-likeness (QED) is 0.433. The van der Waals surface area contributed by atoms with E-state index in [1.165, 1.54) is 5.56 Å². The Bertz CT molecular complexity index is 1490. The molecule has 202 valence electrons. The Morgan fingerprint density at radius 1 is 0.795 bits per heavy atom. The lowest BCUT2D eigenvalue weighted by atomic mass is 9.94. The number of ketones is 2. The van der Waals surface area contributed by atoms with Gasteiger partial charge in [0.1, 0.15) is 23.7 Å². The first-order valence-electron chi connectivity index (χ1n) is 12.4. The summed E-state index contributed by atoms with van der Waals surface area (Å²) in [5.74, 6) is 2.00. The Morgan fingerprint density at radius 3 is 2.10 bits per heavy atom. The van der Waals surface area contributed by atoms with Crippen molar-refractivity contribution in [1.29, 1.82) is 0 Å². The number of rotatable bonds is 2. The van der Waals surface area contributed by atoms with Crippen molar-refractivity contribution in [3.63, 3.8) is 0 Å². The van der Waals surface area contributed by atoms with Gasteiger partial charge >= 0.3 is 10.3 Å². The van der Waals surface area contributed by atoms with E-state index in [1.54, 1.807) is 6.08 Å². The molecular weight excluding hydrogens is 518 g/mol. The second-order valence-electron chi connectivity index (χ2n) is 9.12. The Kier molecular flexibility index (Phi) is 9.08. The Labute approximate surface area is 227 Å². The monoisotopic (exact) mass is 547 g/mol. The van der Waals surface area contributed by atoms with Crippen molar-refractivity contribution in [2.24, 2.45) is 5.14 Å². The van der Waals surface area contributed by atoms with E-state index in [4.69, 9.17) is 22.4 Å².